The highest BCUT2D eigenvalue weighted by Gasteiger charge is 2.26. The summed E-state index contributed by atoms with van der Waals surface area (Å²) in [4.78, 5) is 14.1. The monoisotopic (exact) mass is 240 g/mol. The molecule has 0 aromatic heterocycles. The maximum Gasteiger partial charge on any atom is 0.239 e. The summed E-state index contributed by atoms with van der Waals surface area (Å²) in [5.41, 5.74) is 5.91. The van der Waals surface area contributed by atoms with Crippen LogP contribution in [0.5, 0.6) is 0 Å². The molecule has 1 rings (SSSR count). The smallest absolute Gasteiger partial charge is 0.239 e. The maximum atomic E-state index is 12.1. The van der Waals surface area contributed by atoms with Gasteiger partial charge in [0.2, 0.25) is 5.91 Å². The minimum absolute atomic E-state index is 0.167. The van der Waals surface area contributed by atoms with E-state index in [9.17, 15) is 4.79 Å². The van der Waals surface area contributed by atoms with Crippen LogP contribution in [0, 0.1) is 11.8 Å². The molecule has 0 aliphatic carbocycles. The highest BCUT2D eigenvalue weighted by Crippen LogP contribution is 2.23. The number of piperidine rings is 1. The van der Waals surface area contributed by atoms with Crippen molar-refractivity contribution in [3.05, 3.63) is 0 Å². The van der Waals surface area contributed by atoms with Gasteiger partial charge in [-0.1, -0.05) is 27.2 Å². The largest absolute Gasteiger partial charge is 0.341 e. The number of hydrogen-bond acceptors (Lipinski definition) is 2. The van der Waals surface area contributed by atoms with Gasteiger partial charge in [0.15, 0.2) is 0 Å². The van der Waals surface area contributed by atoms with Crippen molar-refractivity contribution in [2.75, 3.05) is 13.1 Å². The third-order valence-electron chi connectivity index (χ3n) is 3.55. The highest BCUT2D eigenvalue weighted by molar-refractivity contribution is 5.81. The van der Waals surface area contributed by atoms with E-state index < -0.39 is 0 Å². The van der Waals surface area contributed by atoms with Crippen molar-refractivity contribution in [2.45, 2.75) is 58.9 Å². The normalized spacial score (nSPS) is 22.9. The van der Waals surface area contributed by atoms with Gasteiger partial charge < -0.3 is 10.6 Å². The molecule has 0 radical (unpaired) electrons. The molecule has 1 amide bonds. The molecule has 3 nitrogen and oxygen atoms in total. The first-order valence-corrected chi connectivity index (χ1v) is 7.09. The summed E-state index contributed by atoms with van der Waals surface area (Å²) >= 11 is 0. The van der Waals surface area contributed by atoms with E-state index in [1.165, 1.54) is 12.8 Å². The van der Waals surface area contributed by atoms with Crippen LogP contribution in [0.15, 0.2) is 0 Å². The molecule has 1 heterocycles. The summed E-state index contributed by atoms with van der Waals surface area (Å²) < 4.78 is 0. The molecule has 2 unspecified atom stereocenters. The molecule has 0 aromatic rings. The number of rotatable bonds is 5. The number of carbonyl (C=O) groups excluding carboxylic acids is 1. The summed E-state index contributed by atoms with van der Waals surface area (Å²) in [5.74, 6) is 1.57. The second kappa shape index (κ2) is 7.00. The summed E-state index contributed by atoms with van der Waals surface area (Å²) in [6.07, 6.45) is 5.43. The fourth-order valence-corrected chi connectivity index (χ4v) is 2.79. The first-order chi connectivity index (χ1) is 8.04. The first-order valence-electron chi connectivity index (χ1n) is 7.09. The lowest BCUT2D eigenvalue weighted by atomic mass is 9.89. The van der Waals surface area contributed by atoms with E-state index in [0.29, 0.717) is 5.92 Å². The molecule has 3 heteroatoms. The van der Waals surface area contributed by atoms with E-state index in [2.05, 4.69) is 20.8 Å². The molecule has 1 saturated heterocycles. The van der Waals surface area contributed by atoms with Crippen LogP contribution >= 0.6 is 0 Å². The van der Waals surface area contributed by atoms with Gasteiger partial charge in [-0.15, -0.1) is 0 Å². The Morgan fingerprint density at radius 1 is 1.47 bits per heavy atom. The standard InChI is InChI=1S/C14H28N2O/c1-4-6-13(15)14(17)16-8-5-7-12(10-16)9-11(2)3/h11-13H,4-10,15H2,1-3H3. The Bertz CT molecular complexity index is 240. The molecular formula is C14H28N2O. The van der Waals surface area contributed by atoms with Crippen molar-refractivity contribution < 1.29 is 4.79 Å². The maximum absolute atomic E-state index is 12.1. The zero-order chi connectivity index (χ0) is 12.8. The van der Waals surface area contributed by atoms with Gasteiger partial charge in [-0.25, -0.2) is 0 Å². The number of likely N-dealkylation sites (tertiary alicyclic amines) is 1. The van der Waals surface area contributed by atoms with Gasteiger partial charge in [0.05, 0.1) is 6.04 Å². The van der Waals surface area contributed by atoms with E-state index >= 15 is 0 Å². The van der Waals surface area contributed by atoms with Crippen LogP contribution in [0.2, 0.25) is 0 Å². The Kier molecular flexibility index (Phi) is 5.96. The Hall–Kier alpha value is -0.570. The summed E-state index contributed by atoms with van der Waals surface area (Å²) in [6.45, 7) is 8.41. The van der Waals surface area contributed by atoms with Crippen molar-refractivity contribution in [1.82, 2.24) is 4.90 Å². The van der Waals surface area contributed by atoms with Gasteiger partial charge in [0, 0.05) is 13.1 Å². The predicted molar refractivity (Wildman–Crippen MR) is 71.6 cm³/mol. The molecule has 0 spiro atoms. The zero-order valence-corrected chi connectivity index (χ0v) is 11.6. The number of nitrogens with zero attached hydrogens (tertiary/aromatic N) is 1. The van der Waals surface area contributed by atoms with Crippen molar-refractivity contribution in [3.8, 4) is 0 Å². The van der Waals surface area contributed by atoms with E-state index in [1.54, 1.807) is 0 Å². The van der Waals surface area contributed by atoms with Crippen LogP contribution in [0.1, 0.15) is 52.9 Å². The Morgan fingerprint density at radius 2 is 2.18 bits per heavy atom. The minimum atomic E-state index is -0.280. The molecule has 0 saturated carbocycles. The average Bonchev–Trinajstić information content (AvgIpc) is 2.28. The predicted octanol–water partition coefficient (Wildman–Crippen LogP) is 2.40. The number of carbonyl (C=O) groups is 1. The van der Waals surface area contributed by atoms with E-state index in [-0.39, 0.29) is 11.9 Å². The first kappa shape index (κ1) is 14.5. The van der Waals surface area contributed by atoms with Crippen LogP contribution < -0.4 is 5.73 Å². The van der Waals surface area contributed by atoms with Crippen LogP contribution in [0.4, 0.5) is 0 Å². The topological polar surface area (TPSA) is 46.3 Å². The molecule has 0 bridgehead atoms. The van der Waals surface area contributed by atoms with Gasteiger partial charge in [-0.2, -0.15) is 0 Å². The van der Waals surface area contributed by atoms with E-state index in [4.69, 9.17) is 5.73 Å². The molecule has 1 aliphatic rings. The molecule has 1 aliphatic heterocycles. The van der Waals surface area contributed by atoms with Gasteiger partial charge in [0.25, 0.3) is 0 Å². The second-order valence-corrected chi connectivity index (χ2v) is 5.82. The fourth-order valence-electron chi connectivity index (χ4n) is 2.79. The highest BCUT2D eigenvalue weighted by atomic mass is 16.2. The molecule has 2 atom stereocenters. The van der Waals surface area contributed by atoms with Gasteiger partial charge in [-0.05, 0) is 37.5 Å². The molecule has 2 N–H and O–H groups in total. The summed E-state index contributed by atoms with van der Waals surface area (Å²) in [6, 6.07) is -0.280. The zero-order valence-electron chi connectivity index (χ0n) is 11.6. The minimum Gasteiger partial charge on any atom is -0.341 e. The van der Waals surface area contributed by atoms with Gasteiger partial charge in [-0.3, -0.25) is 4.79 Å². The Morgan fingerprint density at radius 3 is 2.76 bits per heavy atom. The molecular weight excluding hydrogens is 212 g/mol. The molecule has 1 fully saturated rings. The third kappa shape index (κ3) is 4.66. The van der Waals surface area contributed by atoms with Crippen LogP contribution in [-0.4, -0.2) is 29.9 Å². The average molecular weight is 240 g/mol. The third-order valence-corrected chi connectivity index (χ3v) is 3.55. The summed E-state index contributed by atoms with van der Waals surface area (Å²) in [5, 5.41) is 0. The lowest BCUT2D eigenvalue weighted by molar-refractivity contribution is -0.134. The lowest BCUT2D eigenvalue weighted by Gasteiger charge is -2.35. The van der Waals surface area contributed by atoms with E-state index in [0.717, 1.165) is 38.3 Å². The van der Waals surface area contributed by atoms with Crippen molar-refractivity contribution >= 4 is 5.91 Å². The van der Waals surface area contributed by atoms with Crippen LogP contribution in [-0.2, 0) is 4.79 Å². The van der Waals surface area contributed by atoms with Crippen molar-refractivity contribution in [3.63, 3.8) is 0 Å². The Balaban J connectivity index is 2.45. The molecule has 0 aromatic carbocycles. The van der Waals surface area contributed by atoms with Crippen LogP contribution in [0.3, 0.4) is 0 Å². The summed E-state index contributed by atoms with van der Waals surface area (Å²) in [7, 11) is 0. The molecule has 17 heavy (non-hydrogen) atoms. The Labute approximate surface area is 106 Å². The quantitative estimate of drug-likeness (QED) is 0.802. The fraction of sp³-hybridized carbons (Fsp3) is 0.929. The van der Waals surface area contributed by atoms with Gasteiger partial charge >= 0.3 is 0 Å². The van der Waals surface area contributed by atoms with Crippen molar-refractivity contribution in [2.24, 2.45) is 17.6 Å². The SMILES string of the molecule is CCCC(N)C(=O)N1CCCC(CC(C)C)C1. The molecule has 100 valence electrons. The van der Waals surface area contributed by atoms with Crippen LogP contribution in [0.25, 0.3) is 0 Å². The number of amides is 1. The van der Waals surface area contributed by atoms with E-state index in [1.807, 2.05) is 4.90 Å². The second-order valence-electron chi connectivity index (χ2n) is 5.82. The lowest BCUT2D eigenvalue weighted by Crippen LogP contribution is -2.48. The van der Waals surface area contributed by atoms with Gasteiger partial charge in [0.1, 0.15) is 0 Å². The number of nitrogens with two attached hydrogens (primary N) is 1. The number of hydrogen-bond donors (Lipinski definition) is 1. The van der Waals surface area contributed by atoms with Crippen molar-refractivity contribution in [1.29, 1.82) is 0 Å².